The summed E-state index contributed by atoms with van der Waals surface area (Å²) in [7, 11) is -3.51. The average Bonchev–Trinajstić information content (AvgIpc) is 2.53. The van der Waals surface area contributed by atoms with Crippen LogP contribution in [0.5, 0.6) is 0 Å². The number of nitrogens with one attached hydrogen (secondary N) is 2. The van der Waals surface area contributed by atoms with Gasteiger partial charge in [0, 0.05) is 12.3 Å². The number of rotatable bonds is 8. The Bertz CT molecular complexity index is 682. The van der Waals surface area contributed by atoms with Crippen LogP contribution in [0.15, 0.2) is 18.2 Å². The lowest BCUT2D eigenvalue weighted by atomic mass is 9.87. The van der Waals surface area contributed by atoms with E-state index in [1.54, 1.807) is 6.92 Å². The molecular weight excluding hydrogens is 366 g/mol. The van der Waals surface area contributed by atoms with E-state index in [2.05, 4.69) is 10.0 Å². The Morgan fingerprint density at radius 1 is 1.40 bits per heavy atom. The van der Waals surface area contributed by atoms with Gasteiger partial charge in [-0.3, -0.25) is 4.79 Å². The Morgan fingerprint density at radius 2 is 2.16 bits per heavy atom. The van der Waals surface area contributed by atoms with Gasteiger partial charge in [0.2, 0.25) is 15.9 Å². The van der Waals surface area contributed by atoms with Gasteiger partial charge in [-0.05, 0) is 49.4 Å². The molecule has 9 heteroatoms. The van der Waals surface area contributed by atoms with E-state index in [1.807, 2.05) is 18.2 Å². The van der Waals surface area contributed by atoms with Crippen LogP contribution in [0.1, 0.15) is 36.9 Å². The highest BCUT2D eigenvalue weighted by atomic mass is 35.5. The van der Waals surface area contributed by atoms with Crippen molar-refractivity contribution in [1.82, 2.24) is 10.0 Å². The zero-order valence-corrected chi connectivity index (χ0v) is 15.9. The number of aryl methyl sites for hydroxylation is 1. The van der Waals surface area contributed by atoms with Gasteiger partial charge in [-0.1, -0.05) is 6.07 Å². The van der Waals surface area contributed by atoms with Crippen LogP contribution in [0.25, 0.3) is 0 Å². The molecule has 142 valence electrons. The molecule has 0 aromatic heterocycles. The maximum atomic E-state index is 12.1. The maximum Gasteiger partial charge on any atom is 0.235 e. The number of anilines is 1. The molecule has 1 atom stereocenters. The second-order valence-corrected chi connectivity index (χ2v) is 7.73. The van der Waals surface area contributed by atoms with Crippen LogP contribution in [0.2, 0.25) is 0 Å². The van der Waals surface area contributed by atoms with Gasteiger partial charge in [0.15, 0.2) is 0 Å². The highest BCUT2D eigenvalue weighted by molar-refractivity contribution is 7.89. The van der Waals surface area contributed by atoms with Gasteiger partial charge < -0.3 is 15.8 Å². The number of halogens is 1. The van der Waals surface area contributed by atoms with E-state index in [0.29, 0.717) is 12.3 Å². The maximum absolute atomic E-state index is 12.1. The molecule has 0 spiro atoms. The van der Waals surface area contributed by atoms with Crippen LogP contribution in [0.3, 0.4) is 0 Å². The van der Waals surface area contributed by atoms with Crippen molar-refractivity contribution in [3.05, 3.63) is 29.3 Å². The fourth-order valence-corrected chi connectivity index (χ4v) is 3.62. The molecule has 0 aliphatic heterocycles. The number of nitrogen functional groups attached to an aromatic ring is 1. The Balaban J connectivity index is 0.00000312. The summed E-state index contributed by atoms with van der Waals surface area (Å²) in [6, 6.07) is 5.58. The number of ether oxygens (including phenoxy) is 1. The Labute approximate surface area is 155 Å². The fraction of sp³-hybridized carbons (Fsp3) is 0.562. The zero-order chi connectivity index (χ0) is 17.6. The third-order valence-corrected chi connectivity index (χ3v) is 5.26. The minimum absolute atomic E-state index is 0. The second-order valence-electron chi connectivity index (χ2n) is 5.81. The summed E-state index contributed by atoms with van der Waals surface area (Å²) in [5.74, 6) is -0.496. The molecule has 1 aliphatic carbocycles. The van der Waals surface area contributed by atoms with Crippen molar-refractivity contribution >= 4 is 34.0 Å². The quantitative estimate of drug-likeness (QED) is 0.454. The van der Waals surface area contributed by atoms with Crippen molar-refractivity contribution in [1.29, 1.82) is 0 Å². The summed E-state index contributed by atoms with van der Waals surface area (Å²) in [5, 5.41) is 2.90. The van der Waals surface area contributed by atoms with Crippen LogP contribution in [0.4, 0.5) is 5.69 Å². The standard InChI is InChI=1S/C16H25N3O4S.ClH/c1-2-23-8-9-24(21,22)18-11-16(20)19-15-5-3-4-12-10-13(17)6-7-14(12)15;/h6-7,10,15,18H,2-5,8-9,11,17H2,1H3,(H,19,20);1H. The van der Waals surface area contributed by atoms with Crippen LogP contribution < -0.4 is 15.8 Å². The first-order valence-corrected chi connectivity index (χ1v) is 9.79. The third-order valence-electron chi connectivity index (χ3n) is 3.97. The summed E-state index contributed by atoms with van der Waals surface area (Å²) < 4.78 is 30.8. The topological polar surface area (TPSA) is 111 Å². The number of carbonyl (C=O) groups excluding carboxylic acids is 1. The highest BCUT2D eigenvalue weighted by Crippen LogP contribution is 2.30. The second kappa shape index (κ2) is 9.96. The van der Waals surface area contributed by atoms with Crippen LogP contribution >= 0.6 is 12.4 Å². The molecule has 0 saturated heterocycles. The molecular formula is C16H26ClN3O4S. The van der Waals surface area contributed by atoms with Gasteiger partial charge >= 0.3 is 0 Å². The zero-order valence-electron chi connectivity index (χ0n) is 14.3. The molecule has 7 nitrogen and oxygen atoms in total. The van der Waals surface area contributed by atoms with Crippen molar-refractivity contribution in [3.63, 3.8) is 0 Å². The molecule has 1 amide bonds. The minimum atomic E-state index is -3.51. The van der Waals surface area contributed by atoms with Crippen molar-refractivity contribution in [2.45, 2.75) is 32.2 Å². The van der Waals surface area contributed by atoms with Gasteiger partial charge in [-0.15, -0.1) is 12.4 Å². The van der Waals surface area contributed by atoms with E-state index in [4.69, 9.17) is 10.5 Å². The number of hydrogen-bond acceptors (Lipinski definition) is 5. The Morgan fingerprint density at radius 3 is 2.88 bits per heavy atom. The molecule has 0 bridgehead atoms. The fourth-order valence-electron chi connectivity index (χ4n) is 2.79. The molecule has 0 fully saturated rings. The molecule has 1 unspecified atom stereocenters. The SMILES string of the molecule is CCOCCS(=O)(=O)NCC(=O)NC1CCCc2cc(N)ccc21.Cl. The normalized spacial score (nSPS) is 16.6. The molecule has 0 radical (unpaired) electrons. The Hall–Kier alpha value is -1.35. The largest absolute Gasteiger partial charge is 0.399 e. The van der Waals surface area contributed by atoms with Gasteiger partial charge in [-0.25, -0.2) is 13.1 Å². The van der Waals surface area contributed by atoms with E-state index in [-0.39, 0.29) is 43.3 Å². The minimum Gasteiger partial charge on any atom is -0.399 e. The van der Waals surface area contributed by atoms with Crippen molar-refractivity contribution in [2.75, 3.05) is 31.2 Å². The smallest absolute Gasteiger partial charge is 0.235 e. The summed E-state index contributed by atoms with van der Waals surface area (Å²) in [6.45, 7) is 2.10. The molecule has 0 saturated carbocycles. The first-order valence-electron chi connectivity index (χ1n) is 8.14. The van der Waals surface area contributed by atoms with Crippen molar-refractivity contribution < 1.29 is 17.9 Å². The third kappa shape index (κ3) is 6.81. The van der Waals surface area contributed by atoms with E-state index >= 15 is 0 Å². The highest BCUT2D eigenvalue weighted by Gasteiger charge is 2.22. The molecule has 1 aliphatic rings. The predicted octanol–water partition coefficient (Wildman–Crippen LogP) is 1.14. The van der Waals surface area contributed by atoms with Gasteiger partial charge in [0.05, 0.1) is 24.9 Å². The number of nitrogens with two attached hydrogens (primary N) is 1. The average molecular weight is 392 g/mol. The first kappa shape index (κ1) is 21.7. The summed E-state index contributed by atoms with van der Waals surface area (Å²) in [5.41, 5.74) is 8.71. The van der Waals surface area contributed by atoms with Crippen LogP contribution in [-0.2, 0) is 26.0 Å². The molecule has 2 rings (SSSR count). The number of fused-ring (bicyclic) bond motifs is 1. The summed E-state index contributed by atoms with van der Waals surface area (Å²) >= 11 is 0. The van der Waals surface area contributed by atoms with Crippen molar-refractivity contribution in [3.8, 4) is 0 Å². The molecule has 25 heavy (non-hydrogen) atoms. The summed E-state index contributed by atoms with van der Waals surface area (Å²) in [4.78, 5) is 12.1. The lowest BCUT2D eigenvalue weighted by Gasteiger charge is -2.26. The van der Waals surface area contributed by atoms with Gasteiger partial charge in [0.25, 0.3) is 0 Å². The molecule has 1 aromatic rings. The van der Waals surface area contributed by atoms with Gasteiger partial charge in [0.1, 0.15) is 0 Å². The van der Waals surface area contributed by atoms with Crippen LogP contribution in [0, 0.1) is 0 Å². The first-order chi connectivity index (χ1) is 11.4. The van der Waals surface area contributed by atoms with E-state index < -0.39 is 10.0 Å². The molecule has 0 heterocycles. The van der Waals surface area contributed by atoms with E-state index in [9.17, 15) is 13.2 Å². The van der Waals surface area contributed by atoms with Crippen molar-refractivity contribution in [2.24, 2.45) is 0 Å². The summed E-state index contributed by atoms with van der Waals surface area (Å²) in [6.07, 6.45) is 2.73. The van der Waals surface area contributed by atoms with E-state index in [0.717, 1.165) is 30.4 Å². The number of hydrogen-bond donors (Lipinski definition) is 3. The van der Waals surface area contributed by atoms with Gasteiger partial charge in [-0.2, -0.15) is 0 Å². The predicted molar refractivity (Wildman–Crippen MR) is 100 cm³/mol. The lowest BCUT2D eigenvalue weighted by Crippen LogP contribution is -2.40. The van der Waals surface area contributed by atoms with E-state index in [1.165, 1.54) is 0 Å². The number of sulfonamides is 1. The lowest BCUT2D eigenvalue weighted by molar-refractivity contribution is -0.120. The Kier molecular flexibility index (Phi) is 8.64. The van der Waals surface area contributed by atoms with Crippen LogP contribution in [-0.4, -0.2) is 39.8 Å². The molecule has 4 N–H and O–H groups in total. The number of amides is 1. The molecule has 1 aromatic carbocycles. The number of benzene rings is 1. The monoisotopic (exact) mass is 391 g/mol. The number of carbonyl (C=O) groups is 1.